The zero-order valence-electron chi connectivity index (χ0n) is 35.0. The molecular formula is C45H38F9N3O10. The van der Waals surface area contributed by atoms with Gasteiger partial charge < -0.3 is 38.6 Å². The molecule has 67 heavy (non-hydrogen) atoms. The van der Waals surface area contributed by atoms with E-state index in [-0.39, 0.29) is 30.4 Å². The van der Waals surface area contributed by atoms with Gasteiger partial charge in [-0.25, -0.2) is 19.7 Å². The van der Waals surface area contributed by atoms with Gasteiger partial charge in [-0.05, 0) is 112 Å². The number of carboxylic acids is 1. The number of aliphatic hydroxyl groups is 1. The Morgan fingerprint density at radius 3 is 1.06 bits per heavy atom. The van der Waals surface area contributed by atoms with Crippen LogP contribution in [0, 0.1) is 0 Å². The second-order valence-electron chi connectivity index (χ2n) is 13.5. The Labute approximate surface area is 375 Å². The van der Waals surface area contributed by atoms with E-state index in [2.05, 4.69) is 15.0 Å². The second kappa shape index (κ2) is 23.5. The number of benzene rings is 3. The summed E-state index contributed by atoms with van der Waals surface area (Å²) in [6.07, 6.45) is -12.4. The Bertz CT molecular complexity index is 2440. The fourth-order valence-electron chi connectivity index (χ4n) is 4.71. The van der Waals surface area contributed by atoms with E-state index in [9.17, 15) is 49.1 Å². The van der Waals surface area contributed by atoms with Crippen LogP contribution in [0.25, 0.3) is 0 Å². The average molecular weight is 952 g/mol. The number of ether oxygens (including phenoxy) is 6. The summed E-state index contributed by atoms with van der Waals surface area (Å²) in [5.41, 5.74) is -2.54. The maximum Gasteiger partial charge on any atom is 0.417 e. The third-order valence-electron chi connectivity index (χ3n) is 8.10. The monoisotopic (exact) mass is 951 g/mol. The molecule has 3 heterocycles. The number of alkyl halides is 9. The smallest absolute Gasteiger partial charge is 0.417 e. The first kappa shape index (κ1) is 52.0. The SMILES string of the molecule is CC(C=O)Oc1ccc(Oc2ccc(C(F)(F)F)cn2)cc1.CC(CO)Oc1ccc(Oc2ccc(C(F)(F)F)cn2)cc1.CC(Oc1ccc(Oc2ccc(C(F)(F)F)cn2)cc1)C(=O)O. The molecule has 13 nitrogen and oxygen atoms in total. The Balaban J connectivity index is 0.000000219. The van der Waals surface area contributed by atoms with Crippen LogP contribution in [0.2, 0.25) is 0 Å². The van der Waals surface area contributed by atoms with Crippen LogP contribution in [0.4, 0.5) is 39.5 Å². The highest BCUT2D eigenvalue weighted by Crippen LogP contribution is 2.33. The second-order valence-corrected chi connectivity index (χ2v) is 13.5. The fourth-order valence-corrected chi connectivity index (χ4v) is 4.71. The Morgan fingerprint density at radius 1 is 0.507 bits per heavy atom. The first-order valence-electron chi connectivity index (χ1n) is 19.2. The number of aliphatic carboxylic acids is 1. The predicted molar refractivity (Wildman–Crippen MR) is 218 cm³/mol. The summed E-state index contributed by atoms with van der Waals surface area (Å²) >= 11 is 0. The summed E-state index contributed by atoms with van der Waals surface area (Å²) in [7, 11) is 0. The van der Waals surface area contributed by atoms with Gasteiger partial charge in [-0.15, -0.1) is 0 Å². The van der Waals surface area contributed by atoms with Crippen LogP contribution in [0.5, 0.6) is 52.1 Å². The lowest BCUT2D eigenvalue weighted by Crippen LogP contribution is -2.22. The van der Waals surface area contributed by atoms with E-state index < -0.39 is 53.4 Å². The third kappa shape index (κ3) is 17.7. The lowest BCUT2D eigenvalue weighted by atomic mass is 10.3. The van der Waals surface area contributed by atoms with Crippen molar-refractivity contribution in [2.75, 3.05) is 6.61 Å². The summed E-state index contributed by atoms with van der Waals surface area (Å²) in [5.74, 6) is 1.50. The van der Waals surface area contributed by atoms with Crippen LogP contribution in [0.3, 0.4) is 0 Å². The molecule has 0 saturated carbocycles. The van der Waals surface area contributed by atoms with Crippen molar-refractivity contribution in [3.8, 4) is 52.1 Å². The van der Waals surface area contributed by atoms with Crippen molar-refractivity contribution in [3.05, 3.63) is 144 Å². The number of carboxylic acid groups (broad SMARTS) is 1. The van der Waals surface area contributed by atoms with Gasteiger partial charge in [0.1, 0.15) is 40.6 Å². The average Bonchev–Trinajstić information content (AvgIpc) is 3.28. The van der Waals surface area contributed by atoms with Crippen molar-refractivity contribution in [2.45, 2.75) is 57.6 Å². The molecule has 0 spiro atoms. The number of pyridine rings is 3. The third-order valence-corrected chi connectivity index (χ3v) is 8.10. The molecule has 0 radical (unpaired) electrons. The Morgan fingerprint density at radius 2 is 0.806 bits per heavy atom. The maximum atomic E-state index is 12.4. The highest BCUT2D eigenvalue weighted by Gasteiger charge is 2.32. The van der Waals surface area contributed by atoms with E-state index in [4.69, 9.17) is 38.6 Å². The van der Waals surface area contributed by atoms with Gasteiger partial charge in [-0.2, -0.15) is 39.5 Å². The maximum absolute atomic E-state index is 12.4. The number of carbonyl (C=O) groups is 2. The van der Waals surface area contributed by atoms with Crippen molar-refractivity contribution < 1.29 is 87.7 Å². The predicted octanol–water partition coefficient (Wildman–Crippen LogP) is 11.3. The molecule has 6 rings (SSSR count). The fraction of sp³-hybridized carbons (Fsp3) is 0.222. The highest BCUT2D eigenvalue weighted by molar-refractivity contribution is 5.72. The molecule has 3 unspecified atom stereocenters. The molecule has 3 aromatic carbocycles. The van der Waals surface area contributed by atoms with Gasteiger partial charge in [0.25, 0.3) is 0 Å². The van der Waals surface area contributed by atoms with E-state index in [0.717, 1.165) is 42.6 Å². The number of aldehydes is 1. The molecule has 6 aromatic rings. The zero-order chi connectivity index (χ0) is 49.4. The lowest BCUT2D eigenvalue weighted by molar-refractivity contribution is -0.144. The molecule has 0 amide bonds. The van der Waals surface area contributed by atoms with Crippen molar-refractivity contribution in [3.63, 3.8) is 0 Å². The van der Waals surface area contributed by atoms with Gasteiger partial charge in [0.2, 0.25) is 17.6 Å². The topological polar surface area (TPSA) is 169 Å². The molecule has 356 valence electrons. The number of hydrogen-bond acceptors (Lipinski definition) is 12. The largest absolute Gasteiger partial charge is 0.488 e. The van der Waals surface area contributed by atoms with Crippen LogP contribution in [0.1, 0.15) is 37.5 Å². The Kier molecular flexibility index (Phi) is 18.3. The number of hydrogen-bond donors (Lipinski definition) is 2. The van der Waals surface area contributed by atoms with Gasteiger partial charge in [0.05, 0.1) is 23.3 Å². The van der Waals surface area contributed by atoms with Gasteiger partial charge in [0, 0.05) is 36.8 Å². The van der Waals surface area contributed by atoms with Gasteiger partial charge in [0.15, 0.2) is 18.5 Å². The molecule has 22 heteroatoms. The van der Waals surface area contributed by atoms with E-state index in [1.54, 1.807) is 62.4 Å². The first-order chi connectivity index (χ1) is 31.5. The van der Waals surface area contributed by atoms with Gasteiger partial charge in [-0.3, -0.25) is 4.79 Å². The van der Waals surface area contributed by atoms with Crippen LogP contribution in [0.15, 0.2) is 128 Å². The van der Waals surface area contributed by atoms with E-state index >= 15 is 0 Å². The van der Waals surface area contributed by atoms with Crippen molar-refractivity contribution in [1.82, 2.24) is 15.0 Å². The number of rotatable bonds is 15. The van der Waals surface area contributed by atoms with Gasteiger partial charge >= 0.3 is 24.5 Å². The number of aromatic nitrogens is 3. The molecule has 3 atom stereocenters. The summed E-state index contributed by atoms with van der Waals surface area (Å²) in [5, 5.41) is 17.6. The van der Waals surface area contributed by atoms with E-state index in [1.165, 1.54) is 31.2 Å². The highest BCUT2D eigenvalue weighted by atomic mass is 19.4. The van der Waals surface area contributed by atoms with E-state index in [1.807, 2.05) is 0 Å². The summed E-state index contributed by atoms with van der Waals surface area (Å²) in [6, 6.07) is 24.8. The number of carbonyl (C=O) groups excluding carboxylic acids is 1. The van der Waals surface area contributed by atoms with Crippen LogP contribution in [-0.2, 0) is 28.1 Å². The molecule has 0 bridgehead atoms. The molecule has 0 saturated heterocycles. The molecule has 3 aromatic heterocycles. The van der Waals surface area contributed by atoms with Crippen LogP contribution in [-0.4, -0.2) is 62.3 Å². The summed E-state index contributed by atoms with van der Waals surface area (Å²) in [4.78, 5) is 32.0. The normalized spacial score (nSPS) is 12.6. The van der Waals surface area contributed by atoms with Crippen molar-refractivity contribution in [2.24, 2.45) is 0 Å². The first-order valence-corrected chi connectivity index (χ1v) is 19.2. The minimum absolute atomic E-state index is 0.00516. The minimum atomic E-state index is -4.45. The molecule has 0 aliphatic carbocycles. The lowest BCUT2D eigenvalue weighted by Gasteiger charge is -2.12. The van der Waals surface area contributed by atoms with Gasteiger partial charge in [-0.1, -0.05) is 0 Å². The molecular weight excluding hydrogens is 913 g/mol. The Hall–Kier alpha value is -7.62. The summed E-state index contributed by atoms with van der Waals surface area (Å²) in [6.45, 7) is 4.60. The number of aliphatic hydroxyl groups excluding tert-OH is 1. The quantitative estimate of drug-likeness (QED) is 0.0737. The molecule has 0 aliphatic rings. The minimum Gasteiger partial charge on any atom is -0.488 e. The molecule has 2 N–H and O–H groups in total. The van der Waals surface area contributed by atoms with E-state index in [0.29, 0.717) is 53.2 Å². The zero-order valence-corrected chi connectivity index (χ0v) is 35.0. The van der Waals surface area contributed by atoms with Crippen LogP contribution < -0.4 is 28.4 Å². The van der Waals surface area contributed by atoms with Crippen molar-refractivity contribution in [1.29, 1.82) is 0 Å². The summed E-state index contributed by atoms with van der Waals surface area (Å²) < 4.78 is 143. The number of halogens is 9. The molecule has 0 fully saturated rings. The van der Waals surface area contributed by atoms with Crippen molar-refractivity contribution >= 4 is 12.3 Å². The standard InChI is InChI=1S/C15H12F3NO4.C15H14F3NO3.C15H12F3NO3/c1-9(14(20)21)22-11-3-5-12(6-4-11)23-13-7-2-10(8-19-13)15(16,17)18;2*1-10(9-20)21-12-3-5-13(6-4-12)22-14-7-2-11(8-19-14)15(16,17)18/h2-9H,1H3,(H,20,21);2-8,10,20H,9H2,1H3;2-10H,1H3. The molecule has 0 aliphatic heterocycles. The number of nitrogens with zero attached hydrogens (tertiary/aromatic N) is 3. The van der Waals surface area contributed by atoms with Crippen LogP contribution >= 0.6 is 0 Å².